The molecule has 1 atom stereocenters. The van der Waals surface area contributed by atoms with Crippen molar-refractivity contribution >= 4 is 5.69 Å². The zero-order chi connectivity index (χ0) is 8.72. The van der Waals surface area contributed by atoms with Gasteiger partial charge in [0, 0.05) is 5.56 Å². The van der Waals surface area contributed by atoms with Gasteiger partial charge in [-0.05, 0) is 13.0 Å². The number of hydroxylamine groups is 1. The number of hydrogen-bond donors (Lipinski definition) is 2. The monoisotopic (exact) mass is 168 g/mol. The Hall–Kier alpha value is -1.29. The molecule has 4 heteroatoms. The van der Waals surface area contributed by atoms with Crippen LogP contribution in [0, 0.1) is 5.82 Å². The van der Waals surface area contributed by atoms with Gasteiger partial charge in [-0.2, -0.15) is 0 Å². The van der Waals surface area contributed by atoms with E-state index in [1.807, 2.05) is 6.92 Å². The van der Waals surface area contributed by atoms with Gasteiger partial charge in [-0.3, -0.25) is 0 Å². The van der Waals surface area contributed by atoms with Crippen molar-refractivity contribution in [2.75, 3.05) is 5.73 Å². The lowest BCUT2D eigenvalue weighted by atomic mass is 10.1. The predicted octanol–water partition coefficient (Wildman–Crippen LogP) is 1.37. The maximum atomic E-state index is 12.9. The number of fused-ring (bicyclic) bond motifs is 1. The molecule has 0 aliphatic carbocycles. The third kappa shape index (κ3) is 0.848. The molecule has 0 saturated carbocycles. The summed E-state index contributed by atoms with van der Waals surface area (Å²) in [6, 6.07) is 3.09. The minimum atomic E-state index is -0.440. The van der Waals surface area contributed by atoms with Crippen LogP contribution in [0.1, 0.15) is 18.5 Å². The Kier molecular flexibility index (Phi) is 1.44. The van der Waals surface area contributed by atoms with E-state index < -0.39 is 5.82 Å². The van der Waals surface area contributed by atoms with Crippen molar-refractivity contribution in [2.24, 2.45) is 0 Å². The number of nitrogen functional groups attached to an aromatic ring is 1. The van der Waals surface area contributed by atoms with E-state index in [0.29, 0.717) is 5.75 Å². The van der Waals surface area contributed by atoms with Crippen molar-refractivity contribution in [3.05, 3.63) is 23.5 Å². The molecule has 3 nitrogen and oxygen atoms in total. The van der Waals surface area contributed by atoms with E-state index in [9.17, 15) is 4.39 Å². The molecule has 3 N–H and O–H groups in total. The minimum Gasteiger partial charge on any atom is -0.405 e. The van der Waals surface area contributed by atoms with Crippen LogP contribution in [0.2, 0.25) is 0 Å². The van der Waals surface area contributed by atoms with Crippen LogP contribution in [0.4, 0.5) is 10.1 Å². The van der Waals surface area contributed by atoms with Gasteiger partial charge >= 0.3 is 0 Å². The van der Waals surface area contributed by atoms with E-state index in [1.165, 1.54) is 6.07 Å². The third-order valence-electron chi connectivity index (χ3n) is 1.98. The molecule has 1 aliphatic rings. The van der Waals surface area contributed by atoms with Gasteiger partial charge in [0.1, 0.15) is 11.5 Å². The molecule has 2 rings (SSSR count). The number of halogens is 1. The van der Waals surface area contributed by atoms with Crippen LogP contribution in [0.3, 0.4) is 0 Å². The lowest BCUT2D eigenvalue weighted by Gasteiger charge is -2.01. The number of anilines is 1. The lowest BCUT2D eigenvalue weighted by molar-refractivity contribution is 0.201. The van der Waals surface area contributed by atoms with Crippen LogP contribution < -0.4 is 16.1 Å². The van der Waals surface area contributed by atoms with Crippen molar-refractivity contribution < 1.29 is 9.23 Å². The smallest absolute Gasteiger partial charge is 0.177 e. The molecule has 0 radical (unpaired) electrons. The highest BCUT2D eigenvalue weighted by molar-refractivity contribution is 5.59. The van der Waals surface area contributed by atoms with Crippen molar-refractivity contribution in [1.82, 2.24) is 5.48 Å². The molecule has 0 saturated heterocycles. The highest BCUT2D eigenvalue weighted by Crippen LogP contribution is 2.36. The van der Waals surface area contributed by atoms with Gasteiger partial charge in [0.2, 0.25) is 0 Å². The van der Waals surface area contributed by atoms with Crippen LogP contribution in [0.25, 0.3) is 0 Å². The second-order valence-corrected chi connectivity index (χ2v) is 2.82. The van der Waals surface area contributed by atoms with E-state index in [4.69, 9.17) is 10.6 Å². The molecule has 0 spiro atoms. The summed E-state index contributed by atoms with van der Waals surface area (Å²) in [5.74, 6) is -0.0212. The first kappa shape index (κ1) is 7.36. The van der Waals surface area contributed by atoms with Gasteiger partial charge in [-0.15, -0.1) is 5.48 Å². The standard InChI is InChI=1S/C8H9FN2O/c1-4-5-2-3-6(9)7(10)8(5)12-11-4/h2-4,11H,10H2,1H3. The first-order valence-corrected chi connectivity index (χ1v) is 3.70. The summed E-state index contributed by atoms with van der Waals surface area (Å²) in [5.41, 5.74) is 9.13. The fourth-order valence-corrected chi connectivity index (χ4v) is 1.26. The topological polar surface area (TPSA) is 47.3 Å². The average molecular weight is 168 g/mol. The Morgan fingerprint density at radius 1 is 1.58 bits per heavy atom. The van der Waals surface area contributed by atoms with E-state index >= 15 is 0 Å². The Balaban J connectivity index is 2.60. The van der Waals surface area contributed by atoms with Gasteiger partial charge in [0.15, 0.2) is 5.75 Å². The number of benzene rings is 1. The second kappa shape index (κ2) is 2.35. The molecule has 12 heavy (non-hydrogen) atoms. The Morgan fingerprint density at radius 2 is 2.33 bits per heavy atom. The first-order valence-electron chi connectivity index (χ1n) is 3.70. The Labute approximate surface area is 69.3 Å². The SMILES string of the molecule is CC1NOc2c1ccc(F)c2N. The van der Waals surface area contributed by atoms with E-state index in [2.05, 4.69) is 5.48 Å². The maximum absolute atomic E-state index is 12.9. The minimum absolute atomic E-state index is 0.0721. The molecule has 1 aromatic rings. The number of rotatable bonds is 0. The fraction of sp³-hybridized carbons (Fsp3) is 0.250. The zero-order valence-electron chi connectivity index (χ0n) is 6.60. The molecule has 64 valence electrons. The van der Waals surface area contributed by atoms with E-state index in [0.717, 1.165) is 5.56 Å². The van der Waals surface area contributed by atoms with Crippen LogP contribution >= 0.6 is 0 Å². The van der Waals surface area contributed by atoms with Gasteiger partial charge in [0.05, 0.1) is 6.04 Å². The number of nitrogens with one attached hydrogen (secondary N) is 1. The highest BCUT2D eigenvalue weighted by Gasteiger charge is 2.23. The molecule has 0 fully saturated rings. The molecule has 1 heterocycles. The zero-order valence-corrected chi connectivity index (χ0v) is 6.60. The molecule has 0 aromatic heterocycles. The van der Waals surface area contributed by atoms with Crippen LogP contribution in [0.5, 0.6) is 5.75 Å². The molecule has 1 aliphatic heterocycles. The fourth-order valence-electron chi connectivity index (χ4n) is 1.26. The maximum Gasteiger partial charge on any atom is 0.177 e. The predicted molar refractivity (Wildman–Crippen MR) is 43.0 cm³/mol. The highest BCUT2D eigenvalue weighted by atomic mass is 19.1. The van der Waals surface area contributed by atoms with Crippen molar-refractivity contribution in [2.45, 2.75) is 13.0 Å². The molecule has 0 bridgehead atoms. The van der Waals surface area contributed by atoms with Gasteiger partial charge in [-0.1, -0.05) is 6.07 Å². The number of hydrogen-bond acceptors (Lipinski definition) is 3. The third-order valence-corrected chi connectivity index (χ3v) is 1.98. The molecular weight excluding hydrogens is 159 g/mol. The molecule has 0 amide bonds. The van der Waals surface area contributed by atoms with E-state index in [1.54, 1.807) is 6.07 Å². The van der Waals surface area contributed by atoms with Crippen molar-refractivity contribution in [3.8, 4) is 5.75 Å². The van der Waals surface area contributed by atoms with E-state index in [-0.39, 0.29) is 11.7 Å². The average Bonchev–Trinajstić information content (AvgIpc) is 2.41. The van der Waals surface area contributed by atoms with Crippen LogP contribution in [0.15, 0.2) is 12.1 Å². The largest absolute Gasteiger partial charge is 0.405 e. The Morgan fingerprint density at radius 3 is 3.08 bits per heavy atom. The molecule has 1 unspecified atom stereocenters. The summed E-state index contributed by atoms with van der Waals surface area (Å²) in [5, 5.41) is 0. The number of nitrogens with two attached hydrogens (primary N) is 1. The van der Waals surface area contributed by atoms with Gasteiger partial charge in [-0.25, -0.2) is 4.39 Å². The first-order chi connectivity index (χ1) is 5.70. The summed E-state index contributed by atoms with van der Waals surface area (Å²) in [6.45, 7) is 1.92. The van der Waals surface area contributed by atoms with Crippen LogP contribution in [-0.4, -0.2) is 0 Å². The summed E-state index contributed by atoms with van der Waals surface area (Å²) in [7, 11) is 0. The molecule has 1 aromatic carbocycles. The van der Waals surface area contributed by atoms with Crippen molar-refractivity contribution in [3.63, 3.8) is 0 Å². The summed E-state index contributed by atoms with van der Waals surface area (Å²) in [4.78, 5) is 5.01. The van der Waals surface area contributed by atoms with Gasteiger partial charge in [0.25, 0.3) is 0 Å². The van der Waals surface area contributed by atoms with Crippen molar-refractivity contribution in [1.29, 1.82) is 0 Å². The Bertz CT molecular complexity index is 327. The normalized spacial score (nSPS) is 20.3. The summed E-state index contributed by atoms with van der Waals surface area (Å²) >= 11 is 0. The summed E-state index contributed by atoms with van der Waals surface area (Å²) in [6.07, 6.45) is 0. The van der Waals surface area contributed by atoms with Gasteiger partial charge < -0.3 is 10.6 Å². The quantitative estimate of drug-likeness (QED) is 0.575. The summed E-state index contributed by atoms with van der Waals surface area (Å²) < 4.78 is 12.9. The second-order valence-electron chi connectivity index (χ2n) is 2.82. The molecular formula is C8H9FN2O. The van der Waals surface area contributed by atoms with Crippen LogP contribution in [-0.2, 0) is 0 Å². The lowest BCUT2D eigenvalue weighted by Crippen LogP contribution is -2.13.